The van der Waals surface area contributed by atoms with E-state index in [-0.39, 0.29) is 34.4 Å². The second-order valence-corrected chi connectivity index (χ2v) is 12.4. The van der Waals surface area contributed by atoms with Crippen LogP contribution in [0.25, 0.3) is 6.08 Å². The summed E-state index contributed by atoms with van der Waals surface area (Å²) in [6, 6.07) is 25.3. The quantitative estimate of drug-likeness (QED) is 0.188. The smallest absolute Gasteiger partial charge is 0.335 e. The number of carbonyl (C=O) groups excluding carboxylic acids is 1. The number of thiazole rings is 1. The lowest BCUT2D eigenvalue weighted by atomic mass is 9.95. The normalized spacial score (nSPS) is 14.1. The Morgan fingerprint density at radius 1 is 1.00 bits per heavy atom. The molecule has 6 rings (SSSR count). The molecule has 0 fully saturated rings. The van der Waals surface area contributed by atoms with E-state index in [1.54, 1.807) is 68.6 Å². The van der Waals surface area contributed by atoms with Gasteiger partial charge in [-0.2, -0.15) is 0 Å². The van der Waals surface area contributed by atoms with Gasteiger partial charge in [-0.25, -0.2) is 9.79 Å². The average molecular weight is 696 g/mol. The van der Waals surface area contributed by atoms with Gasteiger partial charge in [-0.05, 0) is 78.2 Å². The van der Waals surface area contributed by atoms with Crippen LogP contribution in [0.4, 0.5) is 5.69 Å². The number of carboxylic acid groups (broad SMARTS) is 1. The van der Waals surface area contributed by atoms with Crippen LogP contribution in [-0.4, -0.2) is 35.8 Å². The van der Waals surface area contributed by atoms with E-state index in [1.165, 1.54) is 35.1 Å². The van der Waals surface area contributed by atoms with Crippen LogP contribution in [0, 0.1) is 0 Å². The number of aromatic nitrogens is 1. The number of nitrogens with one attached hydrogen (secondary N) is 1. The summed E-state index contributed by atoms with van der Waals surface area (Å²) < 4.78 is 18.9. The Bertz CT molecular complexity index is 2300. The molecule has 10 nitrogen and oxygen atoms in total. The Balaban J connectivity index is 1.39. The SMILES string of the molecule is COc1cccc([C@H]2C(C(=O)Nc3ccccc3)=C(C)N=c3s/c(=C/c4cc(Cl)c(OCc5cccc(C(=O)O)c5)c(OC)c4)c(=O)n32)c1. The monoisotopic (exact) mass is 695 g/mol. The Morgan fingerprint density at radius 2 is 1.78 bits per heavy atom. The zero-order chi connectivity index (χ0) is 34.7. The van der Waals surface area contributed by atoms with Crippen molar-refractivity contribution >= 4 is 46.6 Å². The molecule has 0 spiro atoms. The molecule has 1 amide bonds. The molecular weight excluding hydrogens is 666 g/mol. The summed E-state index contributed by atoms with van der Waals surface area (Å²) in [4.78, 5) is 44.5. The zero-order valence-corrected chi connectivity index (χ0v) is 28.2. The highest BCUT2D eigenvalue weighted by molar-refractivity contribution is 7.07. The summed E-state index contributed by atoms with van der Waals surface area (Å²) >= 11 is 7.85. The van der Waals surface area contributed by atoms with Crippen LogP contribution in [0.3, 0.4) is 0 Å². The molecular formula is C37H30ClN3O7S. The van der Waals surface area contributed by atoms with Crippen molar-refractivity contribution in [2.24, 2.45) is 4.99 Å². The number of amides is 1. The van der Waals surface area contributed by atoms with Gasteiger partial charge in [0.2, 0.25) is 0 Å². The van der Waals surface area contributed by atoms with Crippen molar-refractivity contribution in [3.63, 3.8) is 0 Å². The molecule has 1 aromatic heterocycles. The highest BCUT2D eigenvalue weighted by Crippen LogP contribution is 2.37. The summed E-state index contributed by atoms with van der Waals surface area (Å²) in [6.45, 7) is 1.81. The number of anilines is 1. The first-order valence-electron chi connectivity index (χ1n) is 15.0. The Hall–Kier alpha value is -5.65. The minimum Gasteiger partial charge on any atom is -0.497 e. The number of allylic oxidation sites excluding steroid dienone is 1. The standard InChI is InChI=1S/C37H30ClN3O7S/c1-21-31(34(42)40-26-12-5-4-6-13-26)32(24-10-8-14-27(19-24)46-2)41-35(43)30(49-37(41)39-21)18-23-16-28(38)33(29(17-23)47-3)48-20-22-9-7-11-25(15-22)36(44)45/h4-19,32H,20H2,1-3H3,(H,40,42)(H,44,45)/b30-18+/t32-/m0/s1. The highest BCUT2D eigenvalue weighted by atomic mass is 35.5. The molecule has 1 aliphatic heterocycles. The van der Waals surface area contributed by atoms with E-state index in [0.29, 0.717) is 54.5 Å². The van der Waals surface area contributed by atoms with Gasteiger partial charge >= 0.3 is 5.97 Å². The number of hydrogen-bond acceptors (Lipinski definition) is 8. The first-order valence-corrected chi connectivity index (χ1v) is 16.2. The minimum absolute atomic E-state index is 0.0545. The number of carboxylic acids is 1. The summed E-state index contributed by atoms with van der Waals surface area (Å²) in [5.41, 5.74) is 3.11. The van der Waals surface area contributed by atoms with Gasteiger partial charge in [-0.15, -0.1) is 0 Å². The van der Waals surface area contributed by atoms with Gasteiger partial charge in [0, 0.05) is 5.69 Å². The summed E-state index contributed by atoms with van der Waals surface area (Å²) in [5.74, 6) is -0.243. The number of aromatic carboxylic acids is 1. The number of rotatable bonds is 10. The van der Waals surface area contributed by atoms with Crippen LogP contribution in [0.15, 0.2) is 112 Å². The third kappa shape index (κ3) is 6.99. The lowest BCUT2D eigenvalue weighted by Crippen LogP contribution is -2.40. The van der Waals surface area contributed by atoms with Crippen molar-refractivity contribution in [2.45, 2.75) is 19.6 Å². The van der Waals surface area contributed by atoms with Crippen LogP contribution < -0.4 is 34.4 Å². The third-order valence-electron chi connectivity index (χ3n) is 7.81. The second-order valence-electron chi connectivity index (χ2n) is 11.0. The second kappa shape index (κ2) is 14.2. The largest absolute Gasteiger partial charge is 0.497 e. The van der Waals surface area contributed by atoms with Crippen molar-refractivity contribution in [1.82, 2.24) is 4.57 Å². The van der Waals surface area contributed by atoms with Gasteiger partial charge in [-0.3, -0.25) is 14.2 Å². The van der Waals surface area contributed by atoms with E-state index in [1.807, 2.05) is 30.3 Å². The molecule has 5 aromatic rings. The lowest BCUT2D eigenvalue weighted by Gasteiger charge is -2.25. The van der Waals surface area contributed by atoms with Gasteiger partial charge in [0.25, 0.3) is 11.5 Å². The first-order chi connectivity index (χ1) is 23.7. The van der Waals surface area contributed by atoms with E-state index in [2.05, 4.69) is 5.32 Å². The topological polar surface area (TPSA) is 128 Å². The van der Waals surface area contributed by atoms with Gasteiger partial charge < -0.3 is 24.6 Å². The molecule has 0 bridgehead atoms. The van der Waals surface area contributed by atoms with Crippen LogP contribution >= 0.6 is 22.9 Å². The van der Waals surface area contributed by atoms with Crippen LogP contribution in [-0.2, 0) is 11.4 Å². The number of fused-ring (bicyclic) bond motifs is 1. The van der Waals surface area contributed by atoms with Crippen molar-refractivity contribution in [2.75, 3.05) is 19.5 Å². The molecule has 1 aliphatic rings. The van der Waals surface area contributed by atoms with Crippen molar-refractivity contribution in [3.05, 3.63) is 149 Å². The number of nitrogens with zero attached hydrogens (tertiary/aromatic N) is 2. The minimum atomic E-state index is -1.04. The highest BCUT2D eigenvalue weighted by Gasteiger charge is 2.33. The number of carbonyl (C=O) groups is 2. The molecule has 0 saturated carbocycles. The number of methoxy groups -OCH3 is 2. The summed E-state index contributed by atoms with van der Waals surface area (Å²) in [6.07, 6.45) is 1.68. The zero-order valence-electron chi connectivity index (χ0n) is 26.6. The molecule has 0 radical (unpaired) electrons. The van der Waals surface area contributed by atoms with Crippen molar-refractivity contribution in [3.8, 4) is 17.2 Å². The number of para-hydroxylation sites is 1. The van der Waals surface area contributed by atoms with Crippen molar-refractivity contribution in [1.29, 1.82) is 0 Å². The number of halogens is 1. The van der Waals surface area contributed by atoms with E-state index < -0.39 is 12.0 Å². The van der Waals surface area contributed by atoms with Gasteiger partial charge in [0.05, 0.1) is 46.7 Å². The average Bonchev–Trinajstić information content (AvgIpc) is 3.40. The third-order valence-corrected chi connectivity index (χ3v) is 9.08. The Kier molecular flexibility index (Phi) is 9.65. The first kappa shape index (κ1) is 33.3. The Labute approximate surface area is 289 Å². The van der Waals surface area contributed by atoms with Gasteiger partial charge in [-0.1, -0.05) is 65.4 Å². The molecule has 4 aromatic carbocycles. The number of ether oxygens (including phenoxy) is 3. The van der Waals surface area contributed by atoms with Crippen LogP contribution in [0.1, 0.15) is 40.0 Å². The van der Waals surface area contributed by atoms with Crippen LogP contribution in [0.5, 0.6) is 17.2 Å². The molecule has 2 N–H and O–H groups in total. The molecule has 2 heterocycles. The summed E-state index contributed by atoms with van der Waals surface area (Å²) in [5, 5.41) is 12.5. The predicted molar refractivity (Wildman–Crippen MR) is 188 cm³/mol. The fourth-order valence-electron chi connectivity index (χ4n) is 5.52. The molecule has 0 unspecified atom stereocenters. The van der Waals surface area contributed by atoms with Gasteiger partial charge in [0.15, 0.2) is 16.3 Å². The maximum Gasteiger partial charge on any atom is 0.335 e. The molecule has 0 aliphatic carbocycles. The number of hydrogen-bond donors (Lipinski definition) is 2. The molecule has 12 heteroatoms. The number of benzene rings is 4. The van der Waals surface area contributed by atoms with E-state index in [0.717, 1.165) is 0 Å². The molecule has 49 heavy (non-hydrogen) atoms. The fourth-order valence-corrected chi connectivity index (χ4v) is 6.84. The maximum absolute atomic E-state index is 14.2. The maximum atomic E-state index is 14.2. The molecule has 0 saturated heterocycles. The fraction of sp³-hybridized carbons (Fsp3) is 0.135. The predicted octanol–water partition coefficient (Wildman–Crippen LogP) is 5.82. The molecule has 1 atom stereocenters. The summed E-state index contributed by atoms with van der Waals surface area (Å²) in [7, 11) is 3.03. The van der Waals surface area contributed by atoms with E-state index in [4.69, 9.17) is 30.8 Å². The lowest BCUT2D eigenvalue weighted by molar-refractivity contribution is -0.113. The van der Waals surface area contributed by atoms with Crippen LogP contribution in [0.2, 0.25) is 5.02 Å². The van der Waals surface area contributed by atoms with E-state index in [9.17, 15) is 19.5 Å². The molecule has 248 valence electrons. The van der Waals surface area contributed by atoms with Gasteiger partial charge in [0.1, 0.15) is 12.4 Å². The Morgan fingerprint density at radius 3 is 2.51 bits per heavy atom. The van der Waals surface area contributed by atoms with E-state index >= 15 is 0 Å². The van der Waals surface area contributed by atoms with Crippen molar-refractivity contribution < 1.29 is 28.9 Å².